The zero-order chi connectivity index (χ0) is 9.10. The number of phenols is 1. The van der Waals surface area contributed by atoms with E-state index < -0.39 is 0 Å². The molecule has 1 aromatic carbocycles. The molecule has 1 aliphatic rings. The minimum atomic E-state index is 0.397. The Morgan fingerprint density at radius 1 is 1.23 bits per heavy atom. The van der Waals surface area contributed by atoms with E-state index >= 15 is 0 Å². The van der Waals surface area contributed by atoms with Crippen molar-refractivity contribution in [1.29, 1.82) is 0 Å². The summed E-state index contributed by atoms with van der Waals surface area (Å²) in [5, 5.41) is 9.61. The number of benzene rings is 1. The zero-order valence-corrected chi connectivity index (χ0v) is 7.51. The quantitative estimate of drug-likeness (QED) is 0.596. The molecule has 0 bridgehead atoms. The van der Waals surface area contributed by atoms with Crippen LogP contribution < -0.4 is 0 Å². The summed E-state index contributed by atoms with van der Waals surface area (Å²) in [6.45, 7) is 0. The third-order valence-corrected chi connectivity index (χ3v) is 2.35. The van der Waals surface area contributed by atoms with Crippen LogP contribution in [0.2, 0.25) is 0 Å². The Morgan fingerprint density at radius 2 is 2.15 bits per heavy atom. The Bertz CT molecular complexity index is 368. The van der Waals surface area contributed by atoms with E-state index in [1.54, 1.807) is 6.07 Å². The van der Waals surface area contributed by atoms with Crippen molar-refractivity contribution in [1.82, 2.24) is 0 Å². The first-order chi connectivity index (χ1) is 6.38. The van der Waals surface area contributed by atoms with Crippen molar-refractivity contribution < 1.29 is 5.11 Å². The number of hydrogen-bond acceptors (Lipinski definition) is 1. The minimum Gasteiger partial charge on any atom is -0.508 e. The molecule has 0 saturated heterocycles. The lowest BCUT2D eigenvalue weighted by atomic mass is 9.98. The lowest BCUT2D eigenvalue weighted by molar-refractivity contribution is 0.466. The van der Waals surface area contributed by atoms with Crippen LogP contribution in [-0.2, 0) is 6.42 Å². The van der Waals surface area contributed by atoms with Crippen LogP contribution in [0.4, 0.5) is 0 Å². The van der Waals surface area contributed by atoms with Crippen LogP contribution in [0.1, 0.15) is 30.4 Å². The molecule has 0 heterocycles. The monoisotopic (exact) mass is 172 g/mol. The van der Waals surface area contributed by atoms with Gasteiger partial charge in [0.15, 0.2) is 0 Å². The molecule has 1 nitrogen and oxygen atoms in total. The number of rotatable bonds is 0. The summed E-state index contributed by atoms with van der Waals surface area (Å²) in [6.07, 6.45) is 4.20. The number of fused-ring (bicyclic) bond motifs is 1. The first-order valence-corrected chi connectivity index (χ1v) is 4.67. The standard InChI is InChI=1S/C12H12O/c13-12-9-5-7-10-6-3-1-2-4-8-11(10)12/h5,7,9,13H,1-2,4,8H2. The van der Waals surface area contributed by atoms with Gasteiger partial charge in [-0.3, -0.25) is 0 Å². The zero-order valence-electron chi connectivity index (χ0n) is 7.51. The van der Waals surface area contributed by atoms with Gasteiger partial charge in [-0.25, -0.2) is 0 Å². The molecule has 1 N–H and O–H groups in total. The summed E-state index contributed by atoms with van der Waals surface area (Å²) in [5.41, 5.74) is 2.02. The van der Waals surface area contributed by atoms with E-state index in [9.17, 15) is 5.11 Å². The fourth-order valence-electron chi connectivity index (χ4n) is 1.63. The summed E-state index contributed by atoms with van der Waals surface area (Å²) in [5.74, 6) is 6.60. The highest BCUT2D eigenvalue weighted by atomic mass is 16.3. The highest BCUT2D eigenvalue weighted by Gasteiger charge is 2.06. The van der Waals surface area contributed by atoms with E-state index in [-0.39, 0.29) is 0 Å². The van der Waals surface area contributed by atoms with Crippen LogP contribution in [0.3, 0.4) is 0 Å². The molecular formula is C12H12O. The predicted molar refractivity (Wildman–Crippen MR) is 52.5 cm³/mol. The molecule has 0 aromatic heterocycles. The second kappa shape index (κ2) is 3.53. The van der Waals surface area contributed by atoms with E-state index in [1.165, 1.54) is 0 Å². The van der Waals surface area contributed by atoms with Gasteiger partial charge in [0.1, 0.15) is 5.75 Å². The second-order valence-electron chi connectivity index (χ2n) is 3.31. The van der Waals surface area contributed by atoms with Gasteiger partial charge in [0, 0.05) is 17.5 Å². The number of phenolic OH excluding ortho intramolecular Hbond substituents is 1. The van der Waals surface area contributed by atoms with Crippen LogP contribution >= 0.6 is 0 Å². The van der Waals surface area contributed by atoms with Gasteiger partial charge in [-0.2, -0.15) is 0 Å². The van der Waals surface area contributed by atoms with E-state index in [4.69, 9.17) is 0 Å². The molecule has 0 aliphatic heterocycles. The van der Waals surface area contributed by atoms with Crippen LogP contribution in [0.5, 0.6) is 5.75 Å². The minimum absolute atomic E-state index is 0.397. The maximum absolute atomic E-state index is 9.61. The molecule has 1 aliphatic carbocycles. The second-order valence-corrected chi connectivity index (χ2v) is 3.31. The molecule has 0 amide bonds. The highest BCUT2D eigenvalue weighted by Crippen LogP contribution is 2.23. The Hall–Kier alpha value is -1.42. The van der Waals surface area contributed by atoms with Crippen molar-refractivity contribution in [3.05, 3.63) is 29.3 Å². The van der Waals surface area contributed by atoms with Crippen molar-refractivity contribution in [2.45, 2.75) is 25.7 Å². The Labute approximate surface area is 78.4 Å². The van der Waals surface area contributed by atoms with Crippen LogP contribution in [-0.4, -0.2) is 5.11 Å². The van der Waals surface area contributed by atoms with Crippen LogP contribution in [0, 0.1) is 11.8 Å². The molecule has 1 aromatic rings. The fraction of sp³-hybridized carbons (Fsp3) is 0.333. The maximum Gasteiger partial charge on any atom is 0.120 e. The molecule has 0 atom stereocenters. The number of aromatic hydroxyl groups is 1. The van der Waals surface area contributed by atoms with Gasteiger partial charge >= 0.3 is 0 Å². The summed E-state index contributed by atoms with van der Waals surface area (Å²) < 4.78 is 0. The van der Waals surface area contributed by atoms with E-state index in [2.05, 4.69) is 11.8 Å². The predicted octanol–water partition coefficient (Wildman–Crippen LogP) is 2.47. The molecule has 13 heavy (non-hydrogen) atoms. The van der Waals surface area contributed by atoms with Gasteiger partial charge in [-0.15, -0.1) is 0 Å². The molecular weight excluding hydrogens is 160 g/mol. The molecule has 1 heteroatoms. The summed E-state index contributed by atoms with van der Waals surface area (Å²) >= 11 is 0. The molecule has 2 rings (SSSR count). The van der Waals surface area contributed by atoms with Crippen molar-refractivity contribution in [3.8, 4) is 17.6 Å². The summed E-state index contributed by atoms with van der Waals surface area (Å²) in [7, 11) is 0. The average Bonchev–Trinajstić information content (AvgIpc) is 2.07. The maximum atomic E-state index is 9.61. The van der Waals surface area contributed by atoms with Gasteiger partial charge in [-0.05, 0) is 31.4 Å². The molecule has 0 unspecified atom stereocenters. The van der Waals surface area contributed by atoms with Gasteiger partial charge in [0.2, 0.25) is 0 Å². The van der Waals surface area contributed by atoms with Crippen molar-refractivity contribution >= 4 is 0 Å². The van der Waals surface area contributed by atoms with E-state index in [0.29, 0.717) is 5.75 Å². The van der Waals surface area contributed by atoms with Gasteiger partial charge in [-0.1, -0.05) is 17.9 Å². The number of hydrogen-bond donors (Lipinski definition) is 1. The van der Waals surface area contributed by atoms with Crippen molar-refractivity contribution in [3.63, 3.8) is 0 Å². The topological polar surface area (TPSA) is 20.2 Å². The summed E-state index contributed by atoms with van der Waals surface area (Å²) in [6, 6.07) is 5.57. The van der Waals surface area contributed by atoms with Crippen molar-refractivity contribution in [2.75, 3.05) is 0 Å². The van der Waals surface area contributed by atoms with Gasteiger partial charge < -0.3 is 5.11 Å². The van der Waals surface area contributed by atoms with Gasteiger partial charge in [0.05, 0.1) is 0 Å². The Morgan fingerprint density at radius 3 is 3.08 bits per heavy atom. The lowest BCUT2D eigenvalue weighted by Crippen LogP contribution is -1.93. The first-order valence-electron chi connectivity index (χ1n) is 4.67. The first kappa shape index (κ1) is 8.19. The Balaban J connectivity index is 2.50. The Kier molecular flexibility index (Phi) is 2.23. The molecule has 0 spiro atoms. The molecule has 66 valence electrons. The SMILES string of the molecule is Oc1cccc2c1CCCCC#C2. The van der Waals surface area contributed by atoms with Crippen LogP contribution in [0.15, 0.2) is 18.2 Å². The smallest absolute Gasteiger partial charge is 0.120 e. The van der Waals surface area contributed by atoms with Crippen molar-refractivity contribution in [2.24, 2.45) is 0 Å². The van der Waals surface area contributed by atoms with Gasteiger partial charge in [0.25, 0.3) is 0 Å². The average molecular weight is 172 g/mol. The third kappa shape index (κ3) is 1.67. The normalized spacial score (nSPS) is 14.8. The third-order valence-electron chi connectivity index (χ3n) is 2.35. The largest absolute Gasteiger partial charge is 0.508 e. The highest BCUT2D eigenvalue weighted by molar-refractivity contribution is 5.48. The summed E-state index contributed by atoms with van der Waals surface area (Å²) in [4.78, 5) is 0. The molecule has 0 fully saturated rings. The van der Waals surface area contributed by atoms with E-state index in [1.807, 2.05) is 12.1 Å². The van der Waals surface area contributed by atoms with E-state index in [0.717, 1.165) is 36.8 Å². The lowest BCUT2D eigenvalue weighted by Gasteiger charge is -2.08. The molecule has 0 radical (unpaired) electrons. The fourth-order valence-corrected chi connectivity index (χ4v) is 1.63. The molecule has 0 saturated carbocycles. The van der Waals surface area contributed by atoms with Crippen LogP contribution in [0.25, 0.3) is 0 Å².